The third kappa shape index (κ3) is 2.02. The molecule has 0 spiro atoms. The third-order valence-corrected chi connectivity index (χ3v) is 5.76. The van der Waals surface area contributed by atoms with Crippen LogP contribution >= 0.6 is 11.3 Å². The van der Waals surface area contributed by atoms with Crippen LogP contribution < -0.4 is 5.73 Å². The highest BCUT2D eigenvalue weighted by Crippen LogP contribution is 2.37. The molecular weight excluding hydrogens is 282 g/mol. The zero-order chi connectivity index (χ0) is 14.6. The molecule has 1 aliphatic heterocycles. The zero-order valence-electron chi connectivity index (χ0n) is 12.2. The summed E-state index contributed by atoms with van der Waals surface area (Å²) in [5, 5.41) is 0.969. The lowest BCUT2D eigenvalue weighted by molar-refractivity contribution is 0.0794. The van der Waals surface area contributed by atoms with E-state index in [1.165, 1.54) is 29.0 Å². The number of pyridine rings is 1. The smallest absolute Gasteiger partial charge is 0.266 e. The number of nitrogens with zero attached hydrogens (tertiary/aromatic N) is 2. The number of rotatable bonds is 1. The normalized spacial score (nSPS) is 21.2. The van der Waals surface area contributed by atoms with Crippen molar-refractivity contribution >= 4 is 33.1 Å². The highest BCUT2D eigenvalue weighted by Gasteiger charge is 2.28. The average Bonchev–Trinajstić information content (AvgIpc) is 3.16. The van der Waals surface area contributed by atoms with Gasteiger partial charge in [0.15, 0.2) is 0 Å². The van der Waals surface area contributed by atoms with E-state index in [2.05, 4.69) is 13.0 Å². The molecule has 1 saturated heterocycles. The maximum Gasteiger partial charge on any atom is 0.266 e. The van der Waals surface area contributed by atoms with Gasteiger partial charge >= 0.3 is 0 Å². The molecule has 1 unspecified atom stereocenters. The molecule has 1 amide bonds. The van der Waals surface area contributed by atoms with Gasteiger partial charge in [0, 0.05) is 24.2 Å². The van der Waals surface area contributed by atoms with E-state index in [-0.39, 0.29) is 5.91 Å². The number of likely N-dealkylation sites (tertiary alicyclic amines) is 1. The molecule has 21 heavy (non-hydrogen) atoms. The van der Waals surface area contributed by atoms with Crippen molar-refractivity contribution in [2.24, 2.45) is 5.92 Å². The van der Waals surface area contributed by atoms with Crippen LogP contribution in [0.5, 0.6) is 0 Å². The van der Waals surface area contributed by atoms with E-state index in [0.717, 1.165) is 42.6 Å². The summed E-state index contributed by atoms with van der Waals surface area (Å²) < 4.78 is 0. The first-order chi connectivity index (χ1) is 10.1. The van der Waals surface area contributed by atoms with Gasteiger partial charge in [-0.25, -0.2) is 4.98 Å². The molecule has 2 aromatic rings. The quantitative estimate of drug-likeness (QED) is 0.881. The third-order valence-electron chi connectivity index (χ3n) is 4.65. The van der Waals surface area contributed by atoms with E-state index in [4.69, 9.17) is 10.7 Å². The monoisotopic (exact) mass is 301 g/mol. The Morgan fingerprint density at radius 2 is 2.33 bits per heavy atom. The number of nitrogens with two attached hydrogens (primary N) is 1. The number of thiophene rings is 1. The van der Waals surface area contributed by atoms with Gasteiger partial charge in [0.25, 0.3) is 5.91 Å². The lowest BCUT2D eigenvalue weighted by Crippen LogP contribution is -2.28. The number of hydrogen-bond donors (Lipinski definition) is 1. The van der Waals surface area contributed by atoms with Crippen LogP contribution in [0.2, 0.25) is 0 Å². The molecule has 2 aliphatic rings. The molecule has 110 valence electrons. The van der Waals surface area contributed by atoms with E-state index >= 15 is 0 Å². The van der Waals surface area contributed by atoms with E-state index in [0.29, 0.717) is 16.5 Å². The number of hydrogen-bond acceptors (Lipinski definition) is 4. The van der Waals surface area contributed by atoms with Crippen molar-refractivity contribution in [2.75, 3.05) is 18.8 Å². The van der Waals surface area contributed by atoms with Crippen molar-refractivity contribution in [1.82, 2.24) is 9.88 Å². The van der Waals surface area contributed by atoms with Gasteiger partial charge in [0.05, 0.1) is 5.69 Å². The molecule has 0 aromatic carbocycles. The number of anilines is 1. The number of aromatic nitrogens is 1. The molecular formula is C16H19N3OS. The Hall–Kier alpha value is -1.62. The number of nitrogen functional groups attached to an aromatic ring is 1. The van der Waals surface area contributed by atoms with Crippen LogP contribution in [-0.4, -0.2) is 28.9 Å². The minimum Gasteiger partial charge on any atom is -0.397 e. The first kappa shape index (κ1) is 13.1. The average molecular weight is 301 g/mol. The fraction of sp³-hybridized carbons (Fsp3) is 0.500. The van der Waals surface area contributed by atoms with Crippen LogP contribution in [0.15, 0.2) is 6.07 Å². The van der Waals surface area contributed by atoms with Gasteiger partial charge in [-0.3, -0.25) is 4.79 Å². The molecule has 0 saturated carbocycles. The summed E-state index contributed by atoms with van der Waals surface area (Å²) in [5.74, 6) is 0.673. The molecule has 2 aromatic heterocycles. The summed E-state index contributed by atoms with van der Waals surface area (Å²) in [6.07, 6.45) is 4.40. The molecule has 2 N–H and O–H groups in total. The highest BCUT2D eigenvalue weighted by molar-refractivity contribution is 7.21. The Bertz CT molecular complexity index is 737. The summed E-state index contributed by atoms with van der Waals surface area (Å²) in [6.45, 7) is 3.88. The standard InChI is InChI=1S/C16H19N3OS/c1-9-5-6-19(8-9)16(20)14-13(17)11-7-10-3-2-4-12(10)18-15(11)21-14/h7,9H,2-6,8,17H2,1H3. The molecule has 3 heterocycles. The number of aryl methyl sites for hydroxylation is 2. The van der Waals surface area contributed by atoms with E-state index in [1.54, 1.807) is 0 Å². The second-order valence-corrected chi connectivity index (χ2v) is 7.29. The van der Waals surface area contributed by atoms with Crippen molar-refractivity contribution in [3.8, 4) is 0 Å². The van der Waals surface area contributed by atoms with E-state index in [1.807, 2.05) is 4.90 Å². The maximum atomic E-state index is 12.7. The number of fused-ring (bicyclic) bond motifs is 2. The minimum atomic E-state index is 0.0833. The van der Waals surface area contributed by atoms with Gasteiger partial charge in [0.2, 0.25) is 0 Å². The number of amides is 1. The summed E-state index contributed by atoms with van der Waals surface area (Å²) in [4.78, 5) is 20.9. The molecule has 5 heteroatoms. The minimum absolute atomic E-state index is 0.0833. The van der Waals surface area contributed by atoms with Crippen molar-refractivity contribution in [1.29, 1.82) is 0 Å². The maximum absolute atomic E-state index is 12.7. The first-order valence-electron chi connectivity index (χ1n) is 7.63. The Morgan fingerprint density at radius 1 is 1.48 bits per heavy atom. The Labute approximate surface area is 128 Å². The highest BCUT2D eigenvalue weighted by atomic mass is 32.1. The fourth-order valence-corrected chi connectivity index (χ4v) is 4.48. The summed E-state index contributed by atoms with van der Waals surface area (Å²) in [5.41, 5.74) is 9.38. The van der Waals surface area contributed by atoms with Gasteiger partial charge in [0.1, 0.15) is 9.71 Å². The lowest BCUT2D eigenvalue weighted by atomic mass is 10.1. The lowest BCUT2D eigenvalue weighted by Gasteiger charge is -2.14. The Balaban J connectivity index is 1.76. The SMILES string of the molecule is CC1CCN(C(=O)c2sc3nc4c(cc3c2N)CCC4)C1. The van der Waals surface area contributed by atoms with Gasteiger partial charge in [-0.15, -0.1) is 11.3 Å². The molecule has 4 nitrogen and oxygen atoms in total. The predicted molar refractivity (Wildman–Crippen MR) is 85.7 cm³/mol. The largest absolute Gasteiger partial charge is 0.397 e. The van der Waals surface area contributed by atoms with Crippen molar-refractivity contribution < 1.29 is 4.79 Å². The van der Waals surface area contributed by atoms with Crippen molar-refractivity contribution in [3.63, 3.8) is 0 Å². The van der Waals surface area contributed by atoms with Gasteiger partial charge in [-0.1, -0.05) is 6.92 Å². The molecule has 1 fully saturated rings. The predicted octanol–water partition coefficient (Wildman–Crippen LogP) is 2.85. The molecule has 1 atom stereocenters. The number of carbonyl (C=O) groups excluding carboxylic acids is 1. The summed E-state index contributed by atoms with van der Waals surface area (Å²) >= 11 is 1.46. The van der Waals surface area contributed by atoms with Crippen LogP contribution in [0.4, 0.5) is 5.69 Å². The van der Waals surface area contributed by atoms with Crippen LogP contribution in [0.3, 0.4) is 0 Å². The second-order valence-electron chi connectivity index (χ2n) is 6.29. The number of carbonyl (C=O) groups is 1. The molecule has 4 rings (SSSR count). The van der Waals surface area contributed by atoms with Crippen LogP contribution in [0.25, 0.3) is 10.2 Å². The fourth-order valence-electron chi connectivity index (χ4n) is 3.42. The molecule has 0 radical (unpaired) electrons. The van der Waals surface area contributed by atoms with E-state index in [9.17, 15) is 4.79 Å². The first-order valence-corrected chi connectivity index (χ1v) is 8.45. The van der Waals surface area contributed by atoms with Gasteiger partial charge in [-0.05, 0) is 43.2 Å². The van der Waals surface area contributed by atoms with Crippen LogP contribution in [0, 0.1) is 5.92 Å². The topological polar surface area (TPSA) is 59.2 Å². The van der Waals surface area contributed by atoms with Crippen LogP contribution in [-0.2, 0) is 12.8 Å². The Kier molecular flexibility index (Phi) is 2.92. The Morgan fingerprint density at radius 3 is 3.10 bits per heavy atom. The van der Waals surface area contributed by atoms with E-state index < -0.39 is 0 Å². The van der Waals surface area contributed by atoms with Gasteiger partial charge < -0.3 is 10.6 Å². The molecule has 1 aliphatic carbocycles. The summed E-state index contributed by atoms with van der Waals surface area (Å²) in [6, 6.07) is 2.15. The van der Waals surface area contributed by atoms with Gasteiger partial charge in [-0.2, -0.15) is 0 Å². The van der Waals surface area contributed by atoms with Crippen LogP contribution in [0.1, 0.15) is 40.7 Å². The van der Waals surface area contributed by atoms with Crippen molar-refractivity contribution in [2.45, 2.75) is 32.6 Å². The second kappa shape index (κ2) is 4.70. The summed E-state index contributed by atoms with van der Waals surface area (Å²) in [7, 11) is 0. The molecule has 0 bridgehead atoms. The zero-order valence-corrected chi connectivity index (χ0v) is 13.0. The van der Waals surface area contributed by atoms with Crippen molar-refractivity contribution in [3.05, 3.63) is 22.2 Å².